The average Bonchev–Trinajstić information content (AvgIpc) is 3.17. The van der Waals surface area contributed by atoms with Gasteiger partial charge in [0.25, 0.3) is 0 Å². The van der Waals surface area contributed by atoms with Gasteiger partial charge in [0.2, 0.25) is 11.6 Å². The van der Waals surface area contributed by atoms with E-state index in [-0.39, 0.29) is 5.56 Å². The van der Waals surface area contributed by atoms with Gasteiger partial charge in [-0.3, -0.25) is 0 Å². The second kappa shape index (κ2) is 10.1. The first-order valence-electron chi connectivity index (χ1n) is 10.8. The first-order chi connectivity index (χ1) is 15.3. The molecule has 3 rings (SSSR count). The molecule has 2 aromatic carbocycles. The summed E-state index contributed by atoms with van der Waals surface area (Å²) in [4.78, 5) is 16.3. The Morgan fingerprint density at radius 3 is 2.31 bits per heavy atom. The van der Waals surface area contributed by atoms with Crippen molar-refractivity contribution in [3.63, 3.8) is 0 Å². The number of hydrogen-bond donors (Lipinski definition) is 1. The molecule has 3 aromatic rings. The van der Waals surface area contributed by atoms with E-state index in [2.05, 4.69) is 13.8 Å². The molecular weight excluding hydrogens is 406 g/mol. The average molecular weight is 438 g/mol. The molecule has 7 heteroatoms. The fourth-order valence-electron chi connectivity index (χ4n) is 3.78. The summed E-state index contributed by atoms with van der Waals surface area (Å²) < 4.78 is 13.2. The van der Waals surface area contributed by atoms with Crippen molar-refractivity contribution >= 4 is 5.97 Å². The maximum Gasteiger partial charge on any atom is 0.336 e. The van der Waals surface area contributed by atoms with E-state index < -0.39 is 11.8 Å². The lowest BCUT2D eigenvalue weighted by molar-refractivity contribution is -0.222. The molecule has 1 aromatic heterocycles. The third kappa shape index (κ3) is 4.89. The van der Waals surface area contributed by atoms with Gasteiger partial charge in [-0.15, -0.1) is 0 Å². The van der Waals surface area contributed by atoms with Gasteiger partial charge in [0, 0.05) is 33.6 Å². The van der Waals surface area contributed by atoms with Crippen molar-refractivity contribution < 1.29 is 19.4 Å². The third-order valence-corrected chi connectivity index (χ3v) is 5.54. The Morgan fingerprint density at radius 2 is 1.75 bits per heavy atom. The Labute approximate surface area is 189 Å². The Kier molecular flexibility index (Phi) is 7.43. The lowest BCUT2D eigenvalue weighted by Gasteiger charge is -2.26. The second-order valence-electron chi connectivity index (χ2n) is 8.17. The molecule has 0 radical (unpaired) electrons. The SMILES string of the molecule is CCC(OC)(OC)c1nc(Cc2ccc(-c3ccccc3C(=O)O)cc2)n(CC(C)C)n1. The Morgan fingerprint density at radius 1 is 1.09 bits per heavy atom. The minimum absolute atomic E-state index is 0.289. The largest absolute Gasteiger partial charge is 0.478 e. The number of benzene rings is 2. The molecule has 0 amide bonds. The van der Waals surface area contributed by atoms with Crippen LogP contribution in [0.25, 0.3) is 11.1 Å². The maximum absolute atomic E-state index is 11.5. The smallest absolute Gasteiger partial charge is 0.336 e. The molecule has 7 nitrogen and oxygen atoms in total. The van der Waals surface area contributed by atoms with Crippen molar-refractivity contribution in [2.45, 2.75) is 45.9 Å². The van der Waals surface area contributed by atoms with Crippen molar-refractivity contribution in [3.8, 4) is 11.1 Å². The van der Waals surface area contributed by atoms with Crippen LogP contribution in [0.4, 0.5) is 0 Å². The van der Waals surface area contributed by atoms with E-state index >= 15 is 0 Å². The van der Waals surface area contributed by atoms with Crippen LogP contribution in [-0.4, -0.2) is 40.1 Å². The molecular formula is C25H31N3O4. The standard InChI is InChI=1S/C25H31N3O4/c1-6-25(31-4,32-5)24-26-22(28(27-24)16-17(2)3)15-18-11-13-19(14-12-18)20-9-7-8-10-21(20)23(29)30/h7-14,17H,6,15-16H2,1-5H3,(H,29,30). The topological polar surface area (TPSA) is 86.5 Å². The van der Waals surface area contributed by atoms with Crippen LogP contribution in [-0.2, 0) is 28.2 Å². The van der Waals surface area contributed by atoms with Gasteiger partial charge >= 0.3 is 5.97 Å². The van der Waals surface area contributed by atoms with Crippen LogP contribution < -0.4 is 0 Å². The van der Waals surface area contributed by atoms with Gasteiger partial charge in [0.1, 0.15) is 5.82 Å². The number of rotatable bonds is 10. The van der Waals surface area contributed by atoms with Gasteiger partial charge in [-0.1, -0.05) is 63.2 Å². The molecule has 1 N–H and O–H groups in total. The van der Waals surface area contributed by atoms with E-state index in [1.54, 1.807) is 26.4 Å². The Bertz CT molecular complexity index is 1050. The predicted octanol–water partition coefficient (Wildman–Crippen LogP) is 4.75. The number of carboxylic acid groups (broad SMARTS) is 1. The van der Waals surface area contributed by atoms with Crippen LogP contribution in [0.5, 0.6) is 0 Å². The van der Waals surface area contributed by atoms with Gasteiger partial charge in [-0.2, -0.15) is 5.10 Å². The zero-order valence-corrected chi connectivity index (χ0v) is 19.3. The van der Waals surface area contributed by atoms with Crippen LogP contribution in [0, 0.1) is 5.92 Å². The summed E-state index contributed by atoms with van der Waals surface area (Å²) in [6.07, 6.45) is 1.18. The summed E-state index contributed by atoms with van der Waals surface area (Å²) in [6, 6.07) is 14.9. The number of aromatic carboxylic acids is 1. The second-order valence-corrected chi connectivity index (χ2v) is 8.17. The summed E-state index contributed by atoms with van der Waals surface area (Å²) in [6.45, 7) is 6.99. The molecule has 0 aliphatic heterocycles. The highest BCUT2D eigenvalue weighted by atomic mass is 16.7. The highest BCUT2D eigenvalue weighted by Gasteiger charge is 2.35. The predicted molar refractivity (Wildman–Crippen MR) is 122 cm³/mol. The molecule has 0 saturated heterocycles. The van der Waals surface area contributed by atoms with Crippen molar-refractivity contribution in [2.24, 2.45) is 5.92 Å². The maximum atomic E-state index is 11.5. The molecule has 0 fully saturated rings. The molecule has 32 heavy (non-hydrogen) atoms. The molecule has 0 saturated carbocycles. The number of carbonyl (C=O) groups is 1. The summed E-state index contributed by atoms with van der Waals surface area (Å²) in [5.41, 5.74) is 2.91. The van der Waals surface area contributed by atoms with Crippen LogP contribution in [0.1, 0.15) is 54.8 Å². The normalized spacial score (nSPS) is 11.8. The molecule has 1 heterocycles. The first-order valence-corrected chi connectivity index (χ1v) is 10.8. The number of carboxylic acids is 1. The van der Waals surface area contributed by atoms with Crippen molar-refractivity contribution in [1.82, 2.24) is 14.8 Å². The number of methoxy groups -OCH3 is 2. The van der Waals surface area contributed by atoms with Crippen LogP contribution in [0.2, 0.25) is 0 Å². The number of hydrogen-bond acceptors (Lipinski definition) is 5. The number of aromatic nitrogens is 3. The molecule has 0 atom stereocenters. The highest BCUT2D eigenvalue weighted by molar-refractivity contribution is 5.95. The van der Waals surface area contributed by atoms with E-state index in [0.29, 0.717) is 30.1 Å². The molecule has 0 aliphatic rings. The lowest BCUT2D eigenvalue weighted by atomic mass is 9.98. The van der Waals surface area contributed by atoms with Crippen LogP contribution in [0.3, 0.4) is 0 Å². The van der Waals surface area contributed by atoms with Crippen molar-refractivity contribution in [3.05, 3.63) is 71.3 Å². The monoisotopic (exact) mass is 437 g/mol. The Balaban J connectivity index is 1.92. The van der Waals surface area contributed by atoms with Gasteiger partial charge in [0.15, 0.2) is 0 Å². The first kappa shape index (κ1) is 23.6. The van der Waals surface area contributed by atoms with Gasteiger partial charge < -0.3 is 14.6 Å². The highest BCUT2D eigenvalue weighted by Crippen LogP contribution is 2.28. The van der Waals surface area contributed by atoms with E-state index in [4.69, 9.17) is 19.6 Å². The molecule has 0 unspecified atom stereocenters. The zero-order valence-electron chi connectivity index (χ0n) is 19.3. The molecule has 0 bridgehead atoms. The summed E-state index contributed by atoms with van der Waals surface area (Å²) in [7, 11) is 3.20. The summed E-state index contributed by atoms with van der Waals surface area (Å²) in [5, 5.41) is 14.2. The van der Waals surface area contributed by atoms with Crippen LogP contribution >= 0.6 is 0 Å². The van der Waals surface area contributed by atoms with E-state index in [1.807, 2.05) is 48.0 Å². The molecule has 170 valence electrons. The van der Waals surface area contributed by atoms with Crippen molar-refractivity contribution in [1.29, 1.82) is 0 Å². The van der Waals surface area contributed by atoms with Gasteiger partial charge in [0.05, 0.1) is 5.56 Å². The van der Waals surface area contributed by atoms with Crippen LogP contribution in [0.15, 0.2) is 48.5 Å². The number of ether oxygens (including phenoxy) is 2. The Hall–Kier alpha value is -3.03. The fraction of sp³-hybridized carbons (Fsp3) is 0.400. The van der Waals surface area contributed by atoms with Crippen molar-refractivity contribution in [2.75, 3.05) is 14.2 Å². The molecule has 0 spiro atoms. The lowest BCUT2D eigenvalue weighted by Crippen LogP contribution is -2.31. The molecule has 0 aliphatic carbocycles. The number of nitrogens with zero attached hydrogens (tertiary/aromatic N) is 3. The summed E-state index contributed by atoms with van der Waals surface area (Å²) in [5.74, 6) is -0.151. The van der Waals surface area contributed by atoms with Gasteiger partial charge in [-0.05, 0) is 28.7 Å². The van der Waals surface area contributed by atoms with E-state index in [1.165, 1.54) is 0 Å². The third-order valence-electron chi connectivity index (χ3n) is 5.54. The quantitative estimate of drug-likeness (QED) is 0.461. The fourth-order valence-corrected chi connectivity index (χ4v) is 3.78. The summed E-state index contributed by atoms with van der Waals surface area (Å²) >= 11 is 0. The zero-order chi connectivity index (χ0) is 23.3. The van der Waals surface area contributed by atoms with E-state index in [0.717, 1.165) is 23.5 Å². The van der Waals surface area contributed by atoms with E-state index in [9.17, 15) is 9.90 Å². The minimum Gasteiger partial charge on any atom is -0.478 e. The minimum atomic E-state index is -0.971. The van der Waals surface area contributed by atoms with Gasteiger partial charge in [-0.25, -0.2) is 14.5 Å².